The van der Waals surface area contributed by atoms with Crippen LogP contribution in [0.1, 0.15) is 19.4 Å². The van der Waals surface area contributed by atoms with Crippen molar-refractivity contribution in [2.24, 2.45) is 0 Å². The Hall–Kier alpha value is -2.01. The van der Waals surface area contributed by atoms with Gasteiger partial charge in [-0.25, -0.2) is 0 Å². The average Bonchev–Trinajstić information content (AvgIpc) is 2.48. The molecule has 0 unspecified atom stereocenters. The Morgan fingerprint density at radius 3 is 2.45 bits per heavy atom. The van der Waals surface area contributed by atoms with Crippen LogP contribution in [-0.4, -0.2) is 12.5 Å². The highest BCUT2D eigenvalue weighted by Crippen LogP contribution is 2.24. The molecule has 0 aromatic heterocycles. The summed E-state index contributed by atoms with van der Waals surface area (Å²) in [5.41, 5.74) is 2.86. The number of ether oxygens (including phenoxy) is 1. The lowest BCUT2D eigenvalue weighted by atomic mass is 10.2. The summed E-state index contributed by atoms with van der Waals surface area (Å²) in [5.74, 6) is 0.810. The van der Waals surface area contributed by atoms with E-state index in [2.05, 4.69) is 26.6 Å². The van der Waals surface area contributed by atoms with Gasteiger partial charge in [-0.15, -0.1) is 0 Å². The zero-order valence-corrected chi connectivity index (χ0v) is 14.2. The Labute approximate surface area is 139 Å². The van der Waals surface area contributed by atoms with Crippen molar-refractivity contribution in [3.63, 3.8) is 0 Å². The lowest BCUT2D eigenvalue weighted by molar-refractivity contribution is -0.114. The van der Waals surface area contributed by atoms with Crippen LogP contribution < -0.4 is 15.4 Å². The van der Waals surface area contributed by atoms with E-state index in [1.807, 2.05) is 49.4 Å². The Morgan fingerprint density at radius 2 is 1.82 bits per heavy atom. The molecule has 2 aromatic rings. The summed E-state index contributed by atoms with van der Waals surface area (Å²) >= 11 is 3.48. The molecule has 22 heavy (non-hydrogen) atoms. The normalized spacial score (nSPS) is 10.1. The SMILES string of the molecule is CCOc1ccc(Br)cc1CNc1ccc(NC(C)=O)cc1. The standard InChI is InChI=1S/C17H19BrN2O2/c1-3-22-17-9-4-14(18)10-13(17)11-19-15-5-7-16(8-6-15)20-12(2)21/h4-10,19H,3,11H2,1-2H3,(H,20,21). The fourth-order valence-corrected chi connectivity index (χ4v) is 2.46. The second kappa shape index (κ2) is 7.84. The zero-order valence-electron chi connectivity index (χ0n) is 12.7. The third kappa shape index (κ3) is 4.77. The van der Waals surface area contributed by atoms with Crippen molar-refractivity contribution in [1.82, 2.24) is 0 Å². The number of halogens is 1. The zero-order chi connectivity index (χ0) is 15.9. The van der Waals surface area contributed by atoms with Crippen molar-refractivity contribution in [2.75, 3.05) is 17.2 Å². The van der Waals surface area contributed by atoms with Crippen LogP contribution in [0.5, 0.6) is 5.75 Å². The number of hydrogen-bond donors (Lipinski definition) is 2. The number of rotatable bonds is 6. The first-order valence-corrected chi connectivity index (χ1v) is 7.90. The molecule has 0 aliphatic heterocycles. The van der Waals surface area contributed by atoms with Gasteiger partial charge in [-0.1, -0.05) is 15.9 Å². The van der Waals surface area contributed by atoms with Gasteiger partial charge in [0, 0.05) is 34.9 Å². The second-order valence-corrected chi connectivity index (χ2v) is 5.71. The van der Waals surface area contributed by atoms with Crippen LogP contribution in [0, 0.1) is 0 Å². The quantitative estimate of drug-likeness (QED) is 0.799. The van der Waals surface area contributed by atoms with E-state index in [9.17, 15) is 4.79 Å². The van der Waals surface area contributed by atoms with Crippen molar-refractivity contribution < 1.29 is 9.53 Å². The molecule has 0 spiro atoms. The van der Waals surface area contributed by atoms with Crippen molar-refractivity contribution in [1.29, 1.82) is 0 Å². The molecule has 0 fully saturated rings. The Bertz CT molecular complexity index is 642. The van der Waals surface area contributed by atoms with Crippen molar-refractivity contribution >= 4 is 33.2 Å². The number of amides is 1. The number of benzene rings is 2. The lowest BCUT2D eigenvalue weighted by Crippen LogP contribution is -2.06. The van der Waals surface area contributed by atoms with Crippen LogP contribution in [-0.2, 0) is 11.3 Å². The molecule has 0 heterocycles. The predicted molar refractivity (Wildman–Crippen MR) is 93.4 cm³/mol. The highest BCUT2D eigenvalue weighted by Gasteiger charge is 2.04. The van der Waals surface area contributed by atoms with Crippen LogP contribution in [0.15, 0.2) is 46.9 Å². The molecule has 2 rings (SSSR count). The van der Waals surface area contributed by atoms with Gasteiger partial charge < -0.3 is 15.4 Å². The van der Waals surface area contributed by atoms with Gasteiger partial charge in [0.1, 0.15) is 5.75 Å². The molecule has 5 heteroatoms. The molecule has 116 valence electrons. The van der Waals surface area contributed by atoms with Gasteiger partial charge in [0.25, 0.3) is 0 Å². The molecule has 0 saturated heterocycles. The van der Waals surface area contributed by atoms with Crippen LogP contribution in [0.2, 0.25) is 0 Å². The van der Waals surface area contributed by atoms with Crippen molar-refractivity contribution in [2.45, 2.75) is 20.4 Å². The monoisotopic (exact) mass is 362 g/mol. The number of carbonyl (C=O) groups is 1. The summed E-state index contributed by atoms with van der Waals surface area (Å²) in [6.07, 6.45) is 0. The molecule has 0 bridgehead atoms. The Morgan fingerprint density at radius 1 is 1.14 bits per heavy atom. The lowest BCUT2D eigenvalue weighted by Gasteiger charge is -2.13. The van der Waals surface area contributed by atoms with E-state index in [0.717, 1.165) is 27.2 Å². The smallest absolute Gasteiger partial charge is 0.221 e. The van der Waals surface area contributed by atoms with E-state index in [4.69, 9.17) is 4.74 Å². The first-order chi connectivity index (χ1) is 10.6. The minimum Gasteiger partial charge on any atom is -0.494 e. The number of hydrogen-bond acceptors (Lipinski definition) is 3. The molecule has 0 aliphatic rings. The molecular weight excluding hydrogens is 344 g/mol. The maximum Gasteiger partial charge on any atom is 0.221 e. The highest BCUT2D eigenvalue weighted by molar-refractivity contribution is 9.10. The molecule has 0 radical (unpaired) electrons. The molecular formula is C17H19BrN2O2. The molecule has 0 saturated carbocycles. The fraction of sp³-hybridized carbons (Fsp3) is 0.235. The number of anilines is 2. The topological polar surface area (TPSA) is 50.4 Å². The summed E-state index contributed by atoms with van der Waals surface area (Å²) in [4.78, 5) is 11.0. The van der Waals surface area contributed by atoms with E-state index < -0.39 is 0 Å². The van der Waals surface area contributed by atoms with Gasteiger partial charge in [-0.3, -0.25) is 4.79 Å². The molecule has 4 nitrogen and oxygen atoms in total. The summed E-state index contributed by atoms with van der Waals surface area (Å²) in [6, 6.07) is 13.6. The van der Waals surface area contributed by atoms with E-state index in [1.165, 1.54) is 6.92 Å². The molecule has 0 atom stereocenters. The third-order valence-electron chi connectivity index (χ3n) is 3.01. The van der Waals surface area contributed by atoms with Crippen LogP contribution >= 0.6 is 15.9 Å². The summed E-state index contributed by atoms with van der Waals surface area (Å²) in [5, 5.41) is 6.10. The van der Waals surface area contributed by atoms with Gasteiger partial charge in [0.2, 0.25) is 5.91 Å². The Kier molecular flexibility index (Phi) is 5.83. The first-order valence-electron chi connectivity index (χ1n) is 7.11. The number of carbonyl (C=O) groups excluding carboxylic acids is 1. The van der Waals surface area contributed by atoms with Gasteiger partial charge >= 0.3 is 0 Å². The molecule has 2 aromatic carbocycles. The van der Waals surface area contributed by atoms with Crippen LogP contribution in [0.25, 0.3) is 0 Å². The van der Waals surface area contributed by atoms with E-state index in [0.29, 0.717) is 13.2 Å². The Balaban J connectivity index is 2.03. The maximum absolute atomic E-state index is 11.0. The van der Waals surface area contributed by atoms with E-state index in [1.54, 1.807) is 0 Å². The van der Waals surface area contributed by atoms with Crippen LogP contribution in [0.3, 0.4) is 0 Å². The highest BCUT2D eigenvalue weighted by atomic mass is 79.9. The third-order valence-corrected chi connectivity index (χ3v) is 3.50. The predicted octanol–water partition coefficient (Wildman–Crippen LogP) is 4.42. The van der Waals surface area contributed by atoms with E-state index in [-0.39, 0.29) is 5.91 Å². The van der Waals surface area contributed by atoms with Crippen molar-refractivity contribution in [3.8, 4) is 5.75 Å². The van der Waals surface area contributed by atoms with Crippen LogP contribution in [0.4, 0.5) is 11.4 Å². The minimum absolute atomic E-state index is 0.0730. The summed E-state index contributed by atoms with van der Waals surface area (Å²) in [7, 11) is 0. The second-order valence-electron chi connectivity index (χ2n) is 4.80. The van der Waals surface area contributed by atoms with E-state index >= 15 is 0 Å². The summed E-state index contributed by atoms with van der Waals surface area (Å²) in [6.45, 7) is 4.77. The summed E-state index contributed by atoms with van der Waals surface area (Å²) < 4.78 is 6.66. The van der Waals surface area contributed by atoms with Crippen molar-refractivity contribution in [3.05, 3.63) is 52.5 Å². The minimum atomic E-state index is -0.0730. The maximum atomic E-state index is 11.0. The molecule has 2 N–H and O–H groups in total. The molecule has 0 aliphatic carbocycles. The molecule has 1 amide bonds. The number of nitrogens with one attached hydrogen (secondary N) is 2. The van der Waals surface area contributed by atoms with Gasteiger partial charge in [-0.2, -0.15) is 0 Å². The first kappa shape index (κ1) is 16.4. The van der Waals surface area contributed by atoms with Gasteiger partial charge in [-0.05, 0) is 49.4 Å². The largest absolute Gasteiger partial charge is 0.494 e. The van der Waals surface area contributed by atoms with Gasteiger partial charge in [0.15, 0.2) is 0 Å². The fourth-order valence-electron chi connectivity index (χ4n) is 2.05. The van der Waals surface area contributed by atoms with Gasteiger partial charge in [0.05, 0.1) is 6.61 Å². The average molecular weight is 363 g/mol.